The highest BCUT2D eigenvalue weighted by molar-refractivity contribution is 6.30. The Balaban J connectivity index is 1.51. The van der Waals surface area contributed by atoms with Crippen LogP contribution < -0.4 is 5.32 Å². The van der Waals surface area contributed by atoms with Crippen molar-refractivity contribution in [3.8, 4) is 0 Å². The molecule has 0 spiro atoms. The molecule has 118 valence electrons. The van der Waals surface area contributed by atoms with Crippen molar-refractivity contribution >= 4 is 17.5 Å². The Morgan fingerprint density at radius 3 is 3.09 bits per heavy atom. The molecule has 0 radical (unpaired) electrons. The van der Waals surface area contributed by atoms with Gasteiger partial charge in [-0.05, 0) is 30.9 Å². The third-order valence-electron chi connectivity index (χ3n) is 3.93. The first-order valence-electron chi connectivity index (χ1n) is 7.28. The van der Waals surface area contributed by atoms with Crippen LogP contribution in [0.25, 0.3) is 0 Å². The Morgan fingerprint density at radius 2 is 2.41 bits per heavy atom. The molecule has 2 aromatic rings. The number of halogens is 1. The van der Waals surface area contributed by atoms with Gasteiger partial charge in [-0.2, -0.15) is 5.10 Å². The molecule has 0 bridgehead atoms. The molecule has 1 aliphatic rings. The average molecular weight is 324 g/mol. The van der Waals surface area contributed by atoms with Crippen LogP contribution >= 0.6 is 11.6 Å². The van der Waals surface area contributed by atoms with Gasteiger partial charge in [0.05, 0.1) is 36.0 Å². The summed E-state index contributed by atoms with van der Waals surface area (Å²) in [4.78, 5) is 12.0. The Morgan fingerprint density at radius 1 is 1.55 bits per heavy atom. The summed E-state index contributed by atoms with van der Waals surface area (Å²) >= 11 is 5.84. The number of furan rings is 1. The monoisotopic (exact) mass is 323 g/mol. The lowest BCUT2D eigenvalue weighted by atomic mass is 10.1. The Bertz CT molecular complexity index is 626. The fourth-order valence-electron chi connectivity index (χ4n) is 2.95. The van der Waals surface area contributed by atoms with Gasteiger partial charge in [-0.15, -0.1) is 0 Å². The van der Waals surface area contributed by atoms with Crippen molar-refractivity contribution < 1.29 is 14.3 Å². The van der Waals surface area contributed by atoms with Crippen molar-refractivity contribution in [3.05, 3.63) is 41.6 Å². The molecule has 6 nitrogen and oxygen atoms in total. The molecule has 0 aliphatic heterocycles. The number of amides is 1. The van der Waals surface area contributed by atoms with E-state index in [0.29, 0.717) is 23.7 Å². The molecule has 0 saturated heterocycles. The molecule has 3 rings (SSSR count). The zero-order valence-corrected chi connectivity index (χ0v) is 12.7. The number of aromatic nitrogens is 2. The third kappa shape index (κ3) is 3.69. The summed E-state index contributed by atoms with van der Waals surface area (Å²) in [7, 11) is 0. The molecular formula is C15H18ClN3O3. The highest BCUT2D eigenvalue weighted by Gasteiger charge is 2.34. The minimum absolute atomic E-state index is 0.137. The van der Waals surface area contributed by atoms with Gasteiger partial charge >= 0.3 is 0 Å². The number of nitrogens with zero attached hydrogens (tertiary/aromatic N) is 2. The zero-order chi connectivity index (χ0) is 15.5. The molecule has 2 heterocycles. The van der Waals surface area contributed by atoms with E-state index in [2.05, 4.69) is 10.4 Å². The number of carbonyl (C=O) groups is 1. The summed E-state index contributed by atoms with van der Waals surface area (Å²) in [5.41, 5.74) is 0. The smallest absolute Gasteiger partial charge is 0.227 e. The second kappa shape index (κ2) is 6.54. The quantitative estimate of drug-likeness (QED) is 0.876. The first-order valence-corrected chi connectivity index (χ1v) is 7.65. The average Bonchev–Trinajstić information content (AvgIpc) is 3.15. The topological polar surface area (TPSA) is 80.3 Å². The largest absolute Gasteiger partial charge is 0.469 e. The number of rotatable bonds is 5. The molecule has 0 aromatic carbocycles. The van der Waals surface area contributed by atoms with Crippen molar-refractivity contribution in [2.45, 2.75) is 38.0 Å². The van der Waals surface area contributed by atoms with Crippen molar-refractivity contribution in [2.75, 3.05) is 0 Å². The molecule has 1 unspecified atom stereocenters. The van der Waals surface area contributed by atoms with Gasteiger partial charge in [-0.1, -0.05) is 11.6 Å². The van der Waals surface area contributed by atoms with Crippen LogP contribution in [0.1, 0.15) is 18.6 Å². The van der Waals surface area contributed by atoms with Gasteiger partial charge in [0.15, 0.2) is 0 Å². The summed E-state index contributed by atoms with van der Waals surface area (Å²) in [6.45, 7) is 0.689. The number of hydrogen-bond donors (Lipinski definition) is 2. The van der Waals surface area contributed by atoms with Crippen LogP contribution in [0.5, 0.6) is 0 Å². The van der Waals surface area contributed by atoms with E-state index in [1.807, 2.05) is 0 Å². The number of nitrogens with one attached hydrogen (secondary N) is 1. The van der Waals surface area contributed by atoms with Gasteiger partial charge < -0.3 is 14.8 Å². The fourth-order valence-corrected chi connectivity index (χ4v) is 3.11. The number of carbonyl (C=O) groups excluding carboxylic acids is 1. The maximum Gasteiger partial charge on any atom is 0.227 e. The van der Waals surface area contributed by atoms with Gasteiger partial charge in [0.25, 0.3) is 0 Å². The van der Waals surface area contributed by atoms with E-state index in [4.69, 9.17) is 16.0 Å². The maximum atomic E-state index is 12.0. The van der Waals surface area contributed by atoms with Crippen molar-refractivity contribution in [1.29, 1.82) is 0 Å². The van der Waals surface area contributed by atoms with Gasteiger partial charge in [0.1, 0.15) is 5.76 Å². The molecule has 2 aromatic heterocycles. The van der Waals surface area contributed by atoms with Crippen LogP contribution in [0, 0.1) is 5.92 Å². The maximum absolute atomic E-state index is 12.0. The van der Waals surface area contributed by atoms with Crippen LogP contribution in [0.15, 0.2) is 35.2 Å². The van der Waals surface area contributed by atoms with Gasteiger partial charge in [0.2, 0.25) is 5.91 Å². The summed E-state index contributed by atoms with van der Waals surface area (Å²) in [5.74, 6) is 0.745. The van der Waals surface area contributed by atoms with E-state index in [1.165, 1.54) is 6.26 Å². The van der Waals surface area contributed by atoms with E-state index < -0.39 is 6.10 Å². The van der Waals surface area contributed by atoms with E-state index in [-0.39, 0.29) is 24.3 Å². The highest BCUT2D eigenvalue weighted by atomic mass is 35.5. The minimum atomic E-state index is -0.531. The zero-order valence-electron chi connectivity index (χ0n) is 12.0. The van der Waals surface area contributed by atoms with Gasteiger partial charge in [0, 0.05) is 12.7 Å². The summed E-state index contributed by atoms with van der Waals surface area (Å²) in [5, 5.41) is 17.7. The van der Waals surface area contributed by atoms with Crippen LogP contribution in [-0.2, 0) is 17.8 Å². The van der Waals surface area contributed by atoms with Gasteiger partial charge in [-0.25, -0.2) is 0 Å². The molecular weight excluding hydrogens is 306 g/mol. The Kier molecular flexibility index (Phi) is 4.49. The SMILES string of the molecule is O=C(Cc1ccco1)N[C@@H]1CC(Cn2cc(Cl)cn2)C[C@H]1O. The standard InChI is InChI=1S/C15H18ClN3O3/c16-11-7-17-19(9-11)8-10-4-13(14(20)5-10)18-15(21)6-12-2-1-3-22-12/h1-3,7,9-10,13-14,20H,4-6,8H2,(H,18,21)/t10?,13-,14-/m1/s1. The Labute approximate surface area is 133 Å². The highest BCUT2D eigenvalue weighted by Crippen LogP contribution is 2.27. The van der Waals surface area contributed by atoms with Crippen molar-refractivity contribution in [3.63, 3.8) is 0 Å². The fraction of sp³-hybridized carbons (Fsp3) is 0.467. The molecule has 1 amide bonds. The Hall–Kier alpha value is -1.79. The number of hydrogen-bond acceptors (Lipinski definition) is 4. The second-order valence-corrected chi connectivity index (χ2v) is 6.15. The lowest BCUT2D eigenvalue weighted by Crippen LogP contribution is -2.40. The predicted octanol–water partition coefficient (Wildman–Crippen LogP) is 1.63. The van der Waals surface area contributed by atoms with E-state index in [0.717, 1.165) is 6.42 Å². The van der Waals surface area contributed by atoms with Crippen LogP contribution in [-0.4, -0.2) is 32.9 Å². The second-order valence-electron chi connectivity index (χ2n) is 5.72. The first kappa shape index (κ1) is 15.1. The van der Waals surface area contributed by atoms with Gasteiger partial charge in [-0.3, -0.25) is 9.48 Å². The van der Waals surface area contributed by atoms with Crippen LogP contribution in [0.4, 0.5) is 0 Å². The predicted molar refractivity (Wildman–Crippen MR) is 80.3 cm³/mol. The lowest BCUT2D eigenvalue weighted by Gasteiger charge is -2.16. The van der Waals surface area contributed by atoms with E-state index >= 15 is 0 Å². The molecule has 3 atom stereocenters. The number of aliphatic hydroxyl groups excluding tert-OH is 1. The molecule has 1 aliphatic carbocycles. The van der Waals surface area contributed by atoms with Crippen molar-refractivity contribution in [2.24, 2.45) is 5.92 Å². The normalized spacial score (nSPS) is 24.5. The van der Waals surface area contributed by atoms with Crippen LogP contribution in [0.2, 0.25) is 5.02 Å². The van der Waals surface area contributed by atoms with Crippen LogP contribution in [0.3, 0.4) is 0 Å². The van der Waals surface area contributed by atoms with E-state index in [1.54, 1.807) is 29.2 Å². The van der Waals surface area contributed by atoms with E-state index in [9.17, 15) is 9.90 Å². The summed E-state index contributed by atoms with van der Waals surface area (Å²) in [6.07, 6.45) is 5.92. The lowest BCUT2D eigenvalue weighted by molar-refractivity contribution is -0.122. The molecule has 22 heavy (non-hydrogen) atoms. The molecule has 1 saturated carbocycles. The molecule has 7 heteroatoms. The molecule has 2 N–H and O–H groups in total. The summed E-state index contributed by atoms with van der Waals surface area (Å²) in [6, 6.07) is 3.28. The first-order chi connectivity index (χ1) is 10.6. The third-order valence-corrected chi connectivity index (χ3v) is 4.13. The number of aliphatic hydroxyl groups is 1. The summed E-state index contributed by atoms with van der Waals surface area (Å²) < 4.78 is 6.92. The molecule has 1 fully saturated rings. The van der Waals surface area contributed by atoms with Crippen molar-refractivity contribution in [1.82, 2.24) is 15.1 Å². The minimum Gasteiger partial charge on any atom is -0.469 e.